The number of benzene rings is 1. The van der Waals surface area contributed by atoms with Crippen molar-refractivity contribution in [2.75, 3.05) is 76.1 Å². The topological polar surface area (TPSA) is 71.2 Å². The molecule has 0 saturated carbocycles. The van der Waals surface area contributed by atoms with Crippen LogP contribution in [0.5, 0.6) is 0 Å². The molecule has 2 fully saturated rings. The summed E-state index contributed by atoms with van der Waals surface area (Å²) in [6.07, 6.45) is 0. The Kier molecular flexibility index (Phi) is 7.33. The number of carbonyl (C=O) groups is 2. The maximum atomic E-state index is 12.7. The molecule has 4 amide bonds. The largest absolute Gasteiger partial charge is 0.322 e. The van der Waals surface area contributed by atoms with Crippen molar-refractivity contribution in [2.45, 2.75) is 20.8 Å². The van der Waals surface area contributed by atoms with Crippen LogP contribution in [0.2, 0.25) is 0 Å². The number of nitrogens with one attached hydrogen (secondary N) is 2. The average Bonchev–Trinajstić information content (AvgIpc) is 2.76. The zero-order valence-corrected chi connectivity index (χ0v) is 17.9. The summed E-state index contributed by atoms with van der Waals surface area (Å²) in [6, 6.07) is 5.48. The van der Waals surface area contributed by atoms with E-state index in [0.717, 1.165) is 76.7 Å². The molecule has 2 aliphatic heterocycles. The van der Waals surface area contributed by atoms with Crippen LogP contribution in [0.4, 0.5) is 21.0 Å². The van der Waals surface area contributed by atoms with Gasteiger partial charge in [0.25, 0.3) is 0 Å². The number of nitrogens with zero attached hydrogens (tertiary/aromatic N) is 4. The van der Waals surface area contributed by atoms with Crippen LogP contribution in [0.3, 0.4) is 0 Å². The molecule has 8 nitrogen and oxygen atoms in total. The number of amides is 4. The number of rotatable bonds is 4. The Morgan fingerprint density at radius 3 is 1.76 bits per heavy atom. The summed E-state index contributed by atoms with van der Waals surface area (Å²) < 4.78 is 0. The molecule has 29 heavy (non-hydrogen) atoms. The average molecular weight is 403 g/mol. The summed E-state index contributed by atoms with van der Waals surface area (Å²) in [4.78, 5) is 33.6. The number of aryl methyl sites for hydroxylation is 1. The summed E-state index contributed by atoms with van der Waals surface area (Å²) in [7, 11) is 0. The number of urea groups is 2. The number of hydrogen-bond acceptors (Lipinski definition) is 4. The summed E-state index contributed by atoms with van der Waals surface area (Å²) in [6.45, 7) is 14.8. The van der Waals surface area contributed by atoms with Crippen molar-refractivity contribution in [3.05, 3.63) is 23.8 Å². The highest BCUT2D eigenvalue weighted by Crippen LogP contribution is 2.21. The van der Waals surface area contributed by atoms with E-state index in [2.05, 4.69) is 34.3 Å². The minimum atomic E-state index is -0.0856. The van der Waals surface area contributed by atoms with Gasteiger partial charge in [-0.3, -0.25) is 0 Å². The number of anilines is 2. The van der Waals surface area contributed by atoms with Gasteiger partial charge in [0.1, 0.15) is 0 Å². The molecule has 1 aromatic carbocycles. The van der Waals surface area contributed by atoms with E-state index in [0.29, 0.717) is 5.69 Å². The highest BCUT2D eigenvalue weighted by molar-refractivity contribution is 5.93. The van der Waals surface area contributed by atoms with Gasteiger partial charge in [-0.2, -0.15) is 0 Å². The monoisotopic (exact) mass is 402 g/mol. The van der Waals surface area contributed by atoms with Crippen LogP contribution < -0.4 is 10.6 Å². The third-order valence-corrected chi connectivity index (χ3v) is 5.94. The first-order valence-electron chi connectivity index (χ1n) is 10.7. The lowest BCUT2D eigenvalue weighted by atomic mass is 10.2. The summed E-state index contributed by atoms with van der Waals surface area (Å²) in [5.74, 6) is 0. The van der Waals surface area contributed by atoms with Gasteiger partial charge in [0, 0.05) is 63.7 Å². The second kappa shape index (κ2) is 9.93. The molecular weight excluding hydrogens is 368 g/mol. The fraction of sp³-hybridized carbons (Fsp3) is 0.619. The van der Waals surface area contributed by atoms with Crippen molar-refractivity contribution >= 4 is 23.4 Å². The molecule has 0 unspecified atom stereocenters. The van der Waals surface area contributed by atoms with Crippen LogP contribution in [-0.2, 0) is 0 Å². The van der Waals surface area contributed by atoms with Gasteiger partial charge in [-0.1, -0.05) is 19.9 Å². The maximum absolute atomic E-state index is 12.7. The quantitative estimate of drug-likeness (QED) is 0.811. The number of carbonyl (C=O) groups excluding carboxylic acids is 2. The van der Waals surface area contributed by atoms with E-state index in [1.807, 2.05) is 34.9 Å². The molecule has 3 rings (SSSR count). The zero-order chi connectivity index (χ0) is 20.8. The Labute approximate surface area is 173 Å². The minimum absolute atomic E-state index is 0.0805. The summed E-state index contributed by atoms with van der Waals surface area (Å²) in [5.41, 5.74) is 2.41. The molecule has 2 N–H and O–H groups in total. The Balaban J connectivity index is 1.57. The minimum Gasteiger partial charge on any atom is -0.322 e. The Morgan fingerprint density at radius 2 is 1.28 bits per heavy atom. The number of piperazine rings is 2. The van der Waals surface area contributed by atoms with Crippen LogP contribution in [0.1, 0.15) is 19.4 Å². The molecule has 0 spiro atoms. The Hall–Kier alpha value is -2.32. The number of likely N-dealkylation sites (N-methyl/N-ethyl adjacent to an activating group) is 2. The molecule has 0 aliphatic carbocycles. The van der Waals surface area contributed by atoms with Gasteiger partial charge in [0.15, 0.2) is 0 Å². The van der Waals surface area contributed by atoms with Gasteiger partial charge in [0.2, 0.25) is 0 Å². The smallest absolute Gasteiger partial charge is 0.321 e. The van der Waals surface area contributed by atoms with Crippen molar-refractivity contribution in [3.63, 3.8) is 0 Å². The van der Waals surface area contributed by atoms with E-state index in [4.69, 9.17) is 0 Å². The van der Waals surface area contributed by atoms with Gasteiger partial charge in [-0.15, -0.1) is 0 Å². The predicted octanol–water partition coefficient (Wildman–Crippen LogP) is 2.33. The number of hydrogen-bond donors (Lipinski definition) is 2. The van der Waals surface area contributed by atoms with E-state index < -0.39 is 0 Å². The first-order valence-corrected chi connectivity index (χ1v) is 10.7. The van der Waals surface area contributed by atoms with Crippen LogP contribution in [0.25, 0.3) is 0 Å². The second-order valence-corrected chi connectivity index (χ2v) is 7.73. The highest BCUT2D eigenvalue weighted by atomic mass is 16.2. The van der Waals surface area contributed by atoms with Crippen LogP contribution in [0.15, 0.2) is 18.2 Å². The third kappa shape index (κ3) is 5.61. The summed E-state index contributed by atoms with van der Waals surface area (Å²) in [5, 5.41) is 5.99. The summed E-state index contributed by atoms with van der Waals surface area (Å²) >= 11 is 0. The van der Waals surface area contributed by atoms with Crippen LogP contribution in [0, 0.1) is 6.92 Å². The molecule has 2 aliphatic rings. The van der Waals surface area contributed by atoms with E-state index in [9.17, 15) is 9.59 Å². The third-order valence-electron chi connectivity index (χ3n) is 5.94. The molecular formula is C21H34N6O2. The lowest BCUT2D eigenvalue weighted by molar-refractivity contribution is 0.151. The second-order valence-electron chi connectivity index (χ2n) is 7.73. The lowest BCUT2D eigenvalue weighted by Crippen LogP contribution is -2.50. The molecule has 2 heterocycles. The van der Waals surface area contributed by atoms with Crippen molar-refractivity contribution in [1.82, 2.24) is 19.6 Å². The standard InChI is InChI=1S/C21H34N6O2/c1-4-24-8-12-26(13-9-24)20(28)22-18-7-6-17(3)19(16-18)23-21(29)27-14-10-25(5-2)11-15-27/h6-7,16H,4-5,8-15H2,1-3H3,(H,22,28)(H,23,29). The molecule has 0 radical (unpaired) electrons. The van der Waals surface area contributed by atoms with Crippen LogP contribution >= 0.6 is 0 Å². The van der Waals surface area contributed by atoms with E-state index in [1.165, 1.54) is 0 Å². The van der Waals surface area contributed by atoms with Crippen molar-refractivity contribution < 1.29 is 9.59 Å². The lowest BCUT2D eigenvalue weighted by Gasteiger charge is -2.34. The van der Waals surface area contributed by atoms with E-state index >= 15 is 0 Å². The predicted molar refractivity (Wildman–Crippen MR) is 117 cm³/mol. The fourth-order valence-electron chi connectivity index (χ4n) is 3.77. The molecule has 0 bridgehead atoms. The van der Waals surface area contributed by atoms with Gasteiger partial charge in [-0.05, 0) is 37.7 Å². The fourth-order valence-corrected chi connectivity index (χ4v) is 3.77. The Morgan fingerprint density at radius 1 is 0.793 bits per heavy atom. The van der Waals surface area contributed by atoms with Gasteiger partial charge in [-0.25, -0.2) is 9.59 Å². The Bertz CT molecular complexity index is 709. The van der Waals surface area contributed by atoms with Crippen molar-refractivity contribution in [3.8, 4) is 0 Å². The van der Waals surface area contributed by atoms with Gasteiger partial charge < -0.3 is 30.2 Å². The highest BCUT2D eigenvalue weighted by Gasteiger charge is 2.22. The molecule has 160 valence electrons. The van der Waals surface area contributed by atoms with E-state index in [1.54, 1.807) is 0 Å². The normalized spacial score (nSPS) is 18.6. The van der Waals surface area contributed by atoms with Crippen LogP contribution in [-0.4, -0.2) is 97.1 Å². The molecule has 2 saturated heterocycles. The van der Waals surface area contributed by atoms with Crippen molar-refractivity contribution in [1.29, 1.82) is 0 Å². The first kappa shape index (κ1) is 21.4. The zero-order valence-electron chi connectivity index (χ0n) is 17.9. The van der Waals surface area contributed by atoms with Gasteiger partial charge >= 0.3 is 12.1 Å². The maximum Gasteiger partial charge on any atom is 0.321 e. The molecule has 8 heteroatoms. The van der Waals surface area contributed by atoms with Gasteiger partial charge in [0.05, 0.1) is 0 Å². The molecule has 0 atom stereocenters. The molecule has 1 aromatic rings. The van der Waals surface area contributed by atoms with E-state index in [-0.39, 0.29) is 12.1 Å². The first-order chi connectivity index (χ1) is 14.0. The SMILES string of the molecule is CCN1CCN(C(=O)Nc2ccc(C)c(NC(=O)N3CCN(CC)CC3)c2)CC1. The molecule has 0 aromatic heterocycles. The van der Waals surface area contributed by atoms with Crippen molar-refractivity contribution in [2.24, 2.45) is 0 Å².